The van der Waals surface area contributed by atoms with E-state index >= 15 is 0 Å². The molecule has 0 fully saturated rings. The molecule has 2 aliphatic carbocycles. The van der Waals surface area contributed by atoms with Crippen LogP contribution in [0.2, 0.25) is 0 Å². The lowest BCUT2D eigenvalue weighted by Gasteiger charge is -2.21. The molecule has 2 heterocycles. The van der Waals surface area contributed by atoms with E-state index in [-0.39, 0.29) is 0 Å². The Kier molecular flexibility index (Phi) is 5.06. The highest BCUT2D eigenvalue weighted by Crippen LogP contribution is 2.43. The van der Waals surface area contributed by atoms with Crippen LogP contribution < -0.4 is 0 Å². The summed E-state index contributed by atoms with van der Waals surface area (Å²) in [5.41, 5.74) is 10.4. The van der Waals surface area contributed by atoms with Crippen molar-refractivity contribution in [2.75, 3.05) is 0 Å². The Morgan fingerprint density at radius 1 is 0.429 bits per heavy atom. The molecule has 2 nitrogen and oxygen atoms in total. The van der Waals surface area contributed by atoms with Crippen molar-refractivity contribution in [2.45, 2.75) is 12.8 Å². The predicted molar refractivity (Wildman–Crippen MR) is 175 cm³/mol. The van der Waals surface area contributed by atoms with Gasteiger partial charge < -0.3 is 0 Å². The van der Waals surface area contributed by atoms with E-state index in [4.69, 9.17) is 0 Å². The number of hydrogen-bond acceptors (Lipinski definition) is 2. The van der Waals surface area contributed by atoms with E-state index in [0.717, 1.165) is 18.5 Å². The van der Waals surface area contributed by atoms with E-state index in [1.54, 1.807) is 0 Å². The average Bonchev–Trinajstić information content (AvgIpc) is 3.05. The molecule has 0 saturated carbocycles. The second kappa shape index (κ2) is 9.09. The zero-order valence-electron chi connectivity index (χ0n) is 23.0. The molecule has 42 heavy (non-hydrogen) atoms. The third-order valence-corrected chi connectivity index (χ3v) is 9.03. The highest BCUT2D eigenvalue weighted by molar-refractivity contribution is 6.16. The number of fused-ring (bicyclic) bond motifs is 8. The van der Waals surface area contributed by atoms with Crippen LogP contribution in [0.3, 0.4) is 0 Å². The molecule has 0 bridgehead atoms. The van der Waals surface area contributed by atoms with Gasteiger partial charge in [0, 0.05) is 35.3 Å². The molecule has 2 aromatic heterocycles. The van der Waals surface area contributed by atoms with E-state index in [0.29, 0.717) is 0 Å². The van der Waals surface area contributed by atoms with Crippen LogP contribution in [0.4, 0.5) is 0 Å². The summed E-state index contributed by atoms with van der Waals surface area (Å²) in [6.45, 7) is 0. The van der Waals surface area contributed by atoms with Gasteiger partial charge in [-0.3, -0.25) is 9.97 Å². The zero-order chi connectivity index (χ0) is 27.6. The van der Waals surface area contributed by atoms with E-state index in [2.05, 4.69) is 125 Å². The predicted octanol–water partition coefficient (Wildman–Crippen LogP) is 9.92. The van der Waals surface area contributed by atoms with Crippen LogP contribution in [0, 0.1) is 0 Å². The van der Waals surface area contributed by atoms with Gasteiger partial charge >= 0.3 is 0 Å². The maximum Gasteiger partial charge on any atom is 0.0786 e. The number of hydrogen-bond donors (Lipinski definition) is 0. The summed E-state index contributed by atoms with van der Waals surface area (Å²) >= 11 is 0. The third kappa shape index (κ3) is 3.45. The fraction of sp³-hybridized carbons (Fsp3) is 0.0500. The molecular formula is C40H26N2. The van der Waals surface area contributed by atoms with Crippen molar-refractivity contribution < 1.29 is 0 Å². The zero-order valence-corrected chi connectivity index (χ0v) is 23.0. The van der Waals surface area contributed by atoms with E-state index in [1.807, 2.05) is 18.5 Å². The molecule has 0 spiro atoms. The summed E-state index contributed by atoms with van der Waals surface area (Å²) in [5.74, 6) is 0. The summed E-state index contributed by atoms with van der Waals surface area (Å²) in [4.78, 5) is 9.27. The van der Waals surface area contributed by atoms with Crippen LogP contribution in [0.25, 0.3) is 65.5 Å². The number of rotatable bonds is 0. The quantitative estimate of drug-likeness (QED) is 0.143. The van der Waals surface area contributed by atoms with Crippen LogP contribution in [0.5, 0.6) is 0 Å². The van der Waals surface area contributed by atoms with Gasteiger partial charge in [0.1, 0.15) is 0 Å². The van der Waals surface area contributed by atoms with Crippen molar-refractivity contribution in [1.82, 2.24) is 9.97 Å². The highest BCUT2D eigenvalue weighted by atomic mass is 14.7. The Labute approximate surface area is 243 Å². The Morgan fingerprint density at radius 3 is 2.10 bits per heavy atom. The van der Waals surface area contributed by atoms with Gasteiger partial charge in [-0.2, -0.15) is 0 Å². The summed E-state index contributed by atoms with van der Waals surface area (Å²) in [5, 5.41) is 10.7. The van der Waals surface area contributed by atoms with E-state index < -0.39 is 0 Å². The Bertz CT molecular complexity index is 2370. The molecular weight excluding hydrogens is 508 g/mol. The number of aromatic nitrogens is 2. The van der Waals surface area contributed by atoms with Gasteiger partial charge in [0.25, 0.3) is 0 Å². The largest absolute Gasteiger partial charge is 0.260 e. The summed E-state index contributed by atoms with van der Waals surface area (Å²) in [6.07, 6.45) is 5.74. The van der Waals surface area contributed by atoms with Gasteiger partial charge in [-0.1, -0.05) is 97.1 Å². The molecule has 0 atom stereocenters. The average molecular weight is 535 g/mol. The van der Waals surface area contributed by atoms with Crippen molar-refractivity contribution in [3.8, 4) is 22.4 Å². The normalized spacial score (nSPS) is 12.6. The second-order valence-corrected chi connectivity index (χ2v) is 11.3. The summed E-state index contributed by atoms with van der Waals surface area (Å²) in [7, 11) is 0. The van der Waals surface area contributed by atoms with Gasteiger partial charge in [0.05, 0.1) is 11.4 Å². The molecule has 0 aliphatic heterocycles. The molecule has 0 N–H and O–H groups in total. The molecule has 196 valence electrons. The molecule has 0 radical (unpaired) electrons. The van der Waals surface area contributed by atoms with Gasteiger partial charge in [-0.15, -0.1) is 0 Å². The number of pyridine rings is 2. The van der Waals surface area contributed by atoms with Gasteiger partial charge in [-0.25, -0.2) is 0 Å². The van der Waals surface area contributed by atoms with Crippen molar-refractivity contribution in [3.63, 3.8) is 0 Å². The van der Waals surface area contributed by atoms with Crippen molar-refractivity contribution in [1.29, 1.82) is 0 Å². The lowest BCUT2D eigenvalue weighted by atomic mass is 9.84. The first-order valence-corrected chi connectivity index (χ1v) is 14.6. The fourth-order valence-electron chi connectivity index (χ4n) is 7.20. The van der Waals surface area contributed by atoms with Gasteiger partial charge in [-0.05, 0) is 90.6 Å². The first-order chi connectivity index (χ1) is 20.8. The third-order valence-electron chi connectivity index (χ3n) is 9.03. The topological polar surface area (TPSA) is 25.8 Å². The number of nitrogens with zero attached hydrogens (tertiary/aromatic N) is 2. The van der Waals surface area contributed by atoms with Gasteiger partial charge in [0.15, 0.2) is 0 Å². The molecule has 6 aromatic carbocycles. The van der Waals surface area contributed by atoms with Gasteiger partial charge in [0.2, 0.25) is 0 Å². The molecule has 2 heteroatoms. The van der Waals surface area contributed by atoms with Crippen LogP contribution in [-0.4, -0.2) is 9.97 Å². The van der Waals surface area contributed by atoms with Crippen LogP contribution in [-0.2, 0) is 12.8 Å². The minimum absolute atomic E-state index is 0.929. The van der Waals surface area contributed by atoms with Crippen molar-refractivity contribution >= 4 is 43.1 Å². The van der Waals surface area contributed by atoms with E-state index in [9.17, 15) is 0 Å². The molecule has 10 rings (SSSR count). The second-order valence-electron chi connectivity index (χ2n) is 11.3. The lowest BCUT2D eigenvalue weighted by molar-refractivity contribution is 1.08. The van der Waals surface area contributed by atoms with Crippen LogP contribution in [0.1, 0.15) is 22.4 Å². The Balaban J connectivity index is 0.000000119. The minimum Gasteiger partial charge on any atom is -0.260 e. The first kappa shape index (κ1) is 23.4. The molecule has 8 aromatic rings. The van der Waals surface area contributed by atoms with Crippen LogP contribution in [0.15, 0.2) is 134 Å². The Hall–Kier alpha value is -5.34. The standard InChI is InChI=1S/2C20H13N/c1-3-7-16-13(5-1)11-15-9-10-21-20-17-8-4-2-6-14(17)12-18(16)19(15)20;1-2-7-15-13(5-1)11-18-16-9-4-10-21-19(16)12-14-6-3-8-17(15)20(14)18/h2*1-11H,12H2. The fourth-order valence-corrected chi connectivity index (χ4v) is 7.20. The molecule has 0 saturated heterocycles. The molecule has 0 amide bonds. The highest BCUT2D eigenvalue weighted by Gasteiger charge is 2.21. The smallest absolute Gasteiger partial charge is 0.0786 e. The Morgan fingerprint density at radius 2 is 1.17 bits per heavy atom. The summed E-state index contributed by atoms with van der Waals surface area (Å²) in [6, 6.07) is 43.6. The maximum absolute atomic E-state index is 4.69. The first-order valence-electron chi connectivity index (χ1n) is 14.6. The van der Waals surface area contributed by atoms with Crippen LogP contribution >= 0.6 is 0 Å². The van der Waals surface area contributed by atoms with Crippen molar-refractivity contribution in [2.24, 2.45) is 0 Å². The number of benzene rings is 6. The SMILES string of the molecule is c1ccc2c(c1)Cc1c3ccccc3cc3ccnc-2c13.c1cnc2c(c1)-c1cc3ccccc3c3cccc(c13)C2. The van der Waals surface area contributed by atoms with E-state index in [1.165, 1.54) is 82.2 Å². The maximum atomic E-state index is 4.69. The van der Waals surface area contributed by atoms with Crippen molar-refractivity contribution in [3.05, 3.63) is 156 Å². The lowest BCUT2D eigenvalue weighted by Crippen LogP contribution is -2.03. The monoisotopic (exact) mass is 534 g/mol. The molecule has 0 unspecified atom stereocenters. The minimum atomic E-state index is 0.929. The summed E-state index contributed by atoms with van der Waals surface area (Å²) < 4.78 is 0. The molecule has 2 aliphatic rings.